The molecular weight excluding hydrogens is 469 g/mol. The molecule has 36 heavy (non-hydrogen) atoms. The van der Waals surface area contributed by atoms with Crippen LogP contribution in [-0.4, -0.2) is 29.7 Å². The van der Waals surface area contributed by atoms with Crippen molar-refractivity contribution < 1.29 is 27.4 Å². The number of aryl methyl sites for hydroxylation is 1. The predicted octanol–water partition coefficient (Wildman–Crippen LogP) is 6.52. The molecule has 2 atom stereocenters. The number of methoxy groups -OCH3 is 1. The number of halogens is 3. The fourth-order valence-electron chi connectivity index (χ4n) is 6.07. The number of nitrogens with zero attached hydrogens (tertiary/aromatic N) is 1. The number of ether oxygens (including phenoxy) is 2. The summed E-state index contributed by atoms with van der Waals surface area (Å²) in [5, 5.41) is 3.04. The molecule has 2 fully saturated rings. The molecule has 0 unspecified atom stereocenters. The fourth-order valence-corrected chi connectivity index (χ4v) is 6.07. The number of benzene rings is 1. The lowest BCUT2D eigenvalue weighted by Crippen LogP contribution is -2.45. The van der Waals surface area contributed by atoms with Crippen LogP contribution in [0.3, 0.4) is 0 Å². The van der Waals surface area contributed by atoms with E-state index in [1.807, 2.05) is 6.92 Å². The molecule has 0 radical (unpaired) electrons. The molecule has 2 heterocycles. The van der Waals surface area contributed by atoms with Gasteiger partial charge in [0.05, 0.1) is 18.6 Å². The number of carbonyl (C=O) groups is 1. The number of anilines is 1. The van der Waals surface area contributed by atoms with Crippen LogP contribution in [0, 0.1) is 11.8 Å². The summed E-state index contributed by atoms with van der Waals surface area (Å²) in [6, 6.07) is 8.67. The van der Waals surface area contributed by atoms with Gasteiger partial charge in [-0.15, -0.1) is 0 Å². The van der Waals surface area contributed by atoms with Gasteiger partial charge in [0.1, 0.15) is 17.2 Å². The van der Waals surface area contributed by atoms with Crippen LogP contribution in [0.25, 0.3) is 0 Å². The van der Waals surface area contributed by atoms with Gasteiger partial charge in [0, 0.05) is 12.2 Å². The Labute approximate surface area is 209 Å². The number of rotatable bonds is 6. The van der Waals surface area contributed by atoms with E-state index >= 15 is 0 Å². The molecule has 2 aromatic rings. The molecule has 3 aliphatic rings. The second-order valence-electron chi connectivity index (χ2n) is 10.6. The molecule has 0 bridgehead atoms. The standard InChI is InChI=1S/C28H33F3N2O3/c1-17(26(34)35-2)24(19-6-7-19)20-8-5-18-9-12-27(36-23(18)16-20)13-10-21(11-14-27)33-25-22(28(29,30)31)4-3-15-32-25/h3-5,8,15-17,19,21,24H,6-7,9-14H2,1-2H3,(H,32,33)/t17-,21?,24-,27?/m0/s1. The lowest BCUT2D eigenvalue weighted by Gasteiger charge is -2.44. The number of hydrogen-bond donors (Lipinski definition) is 1. The minimum absolute atomic E-state index is 0.0805. The average molecular weight is 503 g/mol. The van der Waals surface area contributed by atoms with Gasteiger partial charge in [0.2, 0.25) is 0 Å². The first kappa shape index (κ1) is 24.9. The first-order chi connectivity index (χ1) is 17.2. The molecule has 0 amide bonds. The first-order valence-electron chi connectivity index (χ1n) is 12.9. The van der Waals surface area contributed by atoms with Crippen LogP contribution in [0.2, 0.25) is 0 Å². The van der Waals surface area contributed by atoms with Gasteiger partial charge in [-0.1, -0.05) is 19.1 Å². The van der Waals surface area contributed by atoms with Crippen LogP contribution >= 0.6 is 0 Å². The van der Waals surface area contributed by atoms with Crippen molar-refractivity contribution in [3.05, 3.63) is 53.2 Å². The summed E-state index contributed by atoms with van der Waals surface area (Å²) in [7, 11) is 1.44. The second-order valence-corrected chi connectivity index (χ2v) is 10.6. The summed E-state index contributed by atoms with van der Waals surface area (Å²) in [6.45, 7) is 1.94. The van der Waals surface area contributed by atoms with Crippen molar-refractivity contribution in [3.8, 4) is 5.75 Å². The third kappa shape index (κ3) is 5.04. The number of fused-ring (bicyclic) bond motifs is 1. The van der Waals surface area contributed by atoms with Crippen LogP contribution < -0.4 is 10.1 Å². The molecule has 1 aromatic heterocycles. The average Bonchev–Trinajstić information content (AvgIpc) is 3.70. The van der Waals surface area contributed by atoms with Gasteiger partial charge in [-0.25, -0.2) is 4.98 Å². The smallest absolute Gasteiger partial charge is 0.419 e. The van der Waals surface area contributed by atoms with E-state index < -0.39 is 11.7 Å². The fraction of sp³-hybridized carbons (Fsp3) is 0.571. The van der Waals surface area contributed by atoms with E-state index in [0.29, 0.717) is 18.8 Å². The van der Waals surface area contributed by atoms with Crippen LogP contribution in [-0.2, 0) is 22.1 Å². The van der Waals surface area contributed by atoms with Gasteiger partial charge in [0.25, 0.3) is 0 Å². The maximum absolute atomic E-state index is 13.4. The summed E-state index contributed by atoms with van der Waals surface area (Å²) < 4.78 is 51.8. The third-order valence-electron chi connectivity index (χ3n) is 8.24. The number of hydrogen-bond acceptors (Lipinski definition) is 5. The predicted molar refractivity (Wildman–Crippen MR) is 130 cm³/mol. The SMILES string of the molecule is COC(=O)[C@@H](C)[C@H](c1ccc2c(c1)OC1(CC2)CCC(Nc2ncccc2C(F)(F)F)CC1)C1CC1. The van der Waals surface area contributed by atoms with Gasteiger partial charge < -0.3 is 14.8 Å². The maximum atomic E-state index is 13.4. The summed E-state index contributed by atoms with van der Waals surface area (Å²) in [5.74, 6) is 0.991. The minimum Gasteiger partial charge on any atom is -0.487 e. The summed E-state index contributed by atoms with van der Waals surface area (Å²) in [5.41, 5.74) is 1.26. The van der Waals surface area contributed by atoms with E-state index in [4.69, 9.17) is 9.47 Å². The minimum atomic E-state index is -4.44. The number of pyridine rings is 1. The van der Waals surface area contributed by atoms with Crippen molar-refractivity contribution >= 4 is 11.8 Å². The molecule has 2 aliphatic carbocycles. The van der Waals surface area contributed by atoms with Crippen LogP contribution in [0.1, 0.15) is 74.5 Å². The van der Waals surface area contributed by atoms with E-state index in [2.05, 4.69) is 28.5 Å². The van der Waals surface area contributed by atoms with Crippen molar-refractivity contribution in [1.82, 2.24) is 4.98 Å². The molecule has 194 valence electrons. The van der Waals surface area contributed by atoms with Crippen LogP contribution in [0.15, 0.2) is 36.5 Å². The lowest BCUT2D eigenvalue weighted by atomic mass is 9.76. The Bertz CT molecular complexity index is 1110. The Hall–Kier alpha value is -2.77. The van der Waals surface area contributed by atoms with Crippen molar-refractivity contribution in [2.75, 3.05) is 12.4 Å². The molecule has 1 spiro atoms. The molecule has 1 aromatic carbocycles. The topological polar surface area (TPSA) is 60.5 Å². The monoisotopic (exact) mass is 502 g/mol. The van der Waals surface area contributed by atoms with E-state index in [0.717, 1.165) is 55.9 Å². The first-order valence-corrected chi connectivity index (χ1v) is 12.9. The summed E-state index contributed by atoms with van der Waals surface area (Å²) >= 11 is 0. The Morgan fingerprint density at radius 2 is 1.92 bits per heavy atom. The van der Waals surface area contributed by atoms with Crippen LogP contribution in [0.5, 0.6) is 5.75 Å². The molecule has 1 aliphatic heterocycles. The summed E-state index contributed by atoms with van der Waals surface area (Å²) in [4.78, 5) is 16.3. The Kier molecular flexibility index (Phi) is 6.64. The molecule has 5 rings (SSSR count). The lowest BCUT2D eigenvalue weighted by molar-refractivity contribution is -0.145. The molecule has 1 N–H and O–H groups in total. The van der Waals surface area contributed by atoms with Crippen molar-refractivity contribution in [3.63, 3.8) is 0 Å². The Morgan fingerprint density at radius 1 is 1.17 bits per heavy atom. The van der Waals surface area contributed by atoms with Crippen molar-refractivity contribution in [1.29, 1.82) is 0 Å². The zero-order valence-corrected chi connectivity index (χ0v) is 20.7. The summed E-state index contributed by atoms with van der Waals surface area (Å²) in [6.07, 6.45) is 3.96. The van der Waals surface area contributed by atoms with E-state index in [1.54, 1.807) is 0 Å². The highest BCUT2D eigenvalue weighted by Crippen LogP contribution is 2.49. The van der Waals surface area contributed by atoms with E-state index in [9.17, 15) is 18.0 Å². The van der Waals surface area contributed by atoms with Gasteiger partial charge in [-0.3, -0.25) is 4.79 Å². The Balaban J connectivity index is 1.28. The van der Waals surface area contributed by atoms with Crippen LogP contribution in [0.4, 0.5) is 19.0 Å². The van der Waals surface area contributed by atoms with Gasteiger partial charge in [-0.2, -0.15) is 13.2 Å². The highest BCUT2D eigenvalue weighted by molar-refractivity contribution is 5.73. The van der Waals surface area contributed by atoms with Gasteiger partial charge >= 0.3 is 12.1 Å². The number of alkyl halides is 3. The highest BCUT2D eigenvalue weighted by Gasteiger charge is 2.43. The van der Waals surface area contributed by atoms with E-state index in [-0.39, 0.29) is 35.3 Å². The van der Waals surface area contributed by atoms with Gasteiger partial charge in [0.15, 0.2) is 0 Å². The number of aromatic nitrogens is 1. The normalized spacial score (nSPS) is 25.4. The maximum Gasteiger partial charge on any atom is 0.419 e. The molecular formula is C28H33F3N2O3. The third-order valence-corrected chi connectivity index (χ3v) is 8.24. The van der Waals surface area contributed by atoms with Crippen molar-refractivity contribution in [2.45, 2.75) is 82.0 Å². The Morgan fingerprint density at radius 3 is 2.58 bits per heavy atom. The highest BCUT2D eigenvalue weighted by atomic mass is 19.4. The quantitative estimate of drug-likeness (QED) is 0.456. The molecule has 2 saturated carbocycles. The number of nitrogens with one attached hydrogen (secondary N) is 1. The second kappa shape index (κ2) is 9.60. The number of carbonyl (C=O) groups excluding carboxylic acids is 1. The molecule has 8 heteroatoms. The number of esters is 1. The van der Waals surface area contributed by atoms with Gasteiger partial charge in [-0.05, 0) is 92.5 Å². The molecule has 5 nitrogen and oxygen atoms in total. The zero-order chi connectivity index (χ0) is 25.5. The van der Waals surface area contributed by atoms with Crippen molar-refractivity contribution in [2.24, 2.45) is 11.8 Å². The largest absolute Gasteiger partial charge is 0.487 e. The van der Waals surface area contributed by atoms with E-state index in [1.165, 1.54) is 24.9 Å². The molecule has 0 saturated heterocycles. The zero-order valence-electron chi connectivity index (χ0n) is 20.7.